The predicted octanol–water partition coefficient (Wildman–Crippen LogP) is -2.10. The Labute approximate surface area is 154 Å². The van der Waals surface area contributed by atoms with Crippen molar-refractivity contribution in [2.75, 3.05) is 20.3 Å². The van der Waals surface area contributed by atoms with E-state index in [9.17, 15) is 9.13 Å². The SMILES string of the molecule is CNC1N=CNC2=C1NCN2[C@H]1C[C@H](OP(=O)(O)O)[C@@H](COP(=O)(O)O)O1. The van der Waals surface area contributed by atoms with Crippen LogP contribution in [0.25, 0.3) is 0 Å². The highest BCUT2D eigenvalue weighted by Crippen LogP contribution is 2.44. The van der Waals surface area contributed by atoms with E-state index >= 15 is 0 Å². The second-order valence-corrected chi connectivity index (χ2v) is 8.40. The van der Waals surface area contributed by atoms with Crippen LogP contribution in [0.1, 0.15) is 6.42 Å². The third-order valence-electron chi connectivity index (χ3n) is 4.16. The zero-order valence-corrected chi connectivity index (χ0v) is 15.9. The largest absolute Gasteiger partial charge is 0.469 e. The Hall–Kier alpha value is -1.05. The lowest BCUT2D eigenvalue weighted by Gasteiger charge is -2.28. The minimum Gasteiger partial charge on any atom is -0.365 e. The smallest absolute Gasteiger partial charge is 0.365 e. The Morgan fingerprint density at radius 2 is 2.11 bits per heavy atom. The zero-order valence-electron chi connectivity index (χ0n) is 14.1. The molecule has 14 nitrogen and oxygen atoms in total. The number of ether oxygens (including phenoxy) is 1. The van der Waals surface area contributed by atoms with Gasteiger partial charge in [-0.05, 0) is 7.05 Å². The van der Waals surface area contributed by atoms with Gasteiger partial charge in [0.1, 0.15) is 30.4 Å². The Morgan fingerprint density at radius 1 is 1.37 bits per heavy atom. The maximum Gasteiger partial charge on any atom is 0.469 e. The Kier molecular flexibility index (Phi) is 5.94. The standard InChI is InChI=1S/C11H21N5O9P2/c1-12-10-9-11(14-4-13-10)16(5-15-9)8-2-6(25-27(20,21)22)7(24-8)3-23-26(17,18)19/h4,6-8,10,12,15H,2-3,5H2,1H3,(H,13,14)(H2,17,18,19)(H2,20,21,22)/t6-,7+,8+,10?/m0/s1. The molecule has 1 saturated heterocycles. The van der Waals surface area contributed by atoms with Gasteiger partial charge in [0.25, 0.3) is 0 Å². The summed E-state index contributed by atoms with van der Waals surface area (Å²) in [4.78, 5) is 41.9. The van der Waals surface area contributed by atoms with Crippen LogP contribution in [-0.4, -0.2) is 75.7 Å². The van der Waals surface area contributed by atoms with Gasteiger partial charge in [0.15, 0.2) is 0 Å². The first-order valence-corrected chi connectivity index (χ1v) is 10.9. The average Bonchev–Trinajstić information content (AvgIpc) is 3.14. The van der Waals surface area contributed by atoms with Crippen molar-refractivity contribution in [3.05, 3.63) is 11.5 Å². The number of hydrogen-bond acceptors (Lipinski definition) is 10. The van der Waals surface area contributed by atoms with E-state index in [1.165, 1.54) is 6.34 Å². The number of nitrogens with one attached hydrogen (secondary N) is 3. The van der Waals surface area contributed by atoms with Crippen LogP contribution < -0.4 is 16.0 Å². The van der Waals surface area contributed by atoms with Gasteiger partial charge in [-0.3, -0.25) is 19.4 Å². The maximum atomic E-state index is 11.2. The third kappa shape index (κ3) is 5.06. The fourth-order valence-electron chi connectivity index (χ4n) is 3.09. The van der Waals surface area contributed by atoms with Crippen molar-refractivity contribution >= 4 is 22.0 Å². The average molecular weight is 429 g/mol. The minimum atomic E-state index is -4.84. The molecule has 1 unspecified atom stereocenters. The molecule has 0 aromatic heterocycles. The molecule has 0 radical (unpaired) electrons. The third-order valence-corrected chi connectivity index (χ3v) is 5.19. The first kappa shape index (κ1) is 20.7. The molecule has 3 rings (SSSR count). The van der Waals surface area contributed by atoms with E-state index in [0.29, 0.717) is 12.5 Å². The summed E-state index contributed by atoms with van der Waals surface area (Å²) in [6.45, 7) is -0.259. The monoisotopic (exact) mass is 429 g/mol. The highest BCUT2D eigenvalue weighted by Gasteiger charge is 2.45. The van der Waals surface area contributed by atoms with Crippen LogP contribution in [0.4, 0.5) is 0 Å². The van der Waals surface area contributed by atoms with E-state index in [-0.39, 0.29) is 12.6 Å². The van der Waals surface area contributed by atoms with Crippen molar-refractivity contribution in [3.8, 4) is 0 Å². The molecule has 0 aliphatic carbocycles. The molecule has 3 aliphatic heterocycles. The van der Waals surface area contributed by atoms with Crippen LogP contribution in [0.15, 0.2) is 16.5 Å². The topological polar surface area (TPSA) is 194 Å². The van der Waals surface area contributed by atoms with Crippen molar-refractivity contribution in [1.82, 2.24) is 20.9 Å². The number of nitrogens with zero attached hydrogens (tertiary/aromatic N) is 2. The molecule has 0 spiro atoms. The van der Waals surface area contributed by atoms with Gasteiger partial charge >= 0.3 is 15.6 Å². The number of aliphatic imine (C=N–C) groups is 1. The van der Waals surface area contributed by atoms with E-state index in [0.717, 1.165) is 5.70 Å². The number of rotatable bonds is 7. The van der Waals surface area contributed by atoms with Crippen LogP contribution >= 0.6 is 15.6 Å². The Bertz CT molecular complexity index is 721. The van der Waals surface area contributed by atoms with Gasteiger partial charge in [-0.1, -0.05) is 0 Å². The van der Waals surface area contributed by atoms with Gasteiger partial charge in [-0.2, -0.15) is 0 Å². The van der Waals surface area contributed by atoms with Crippen LogP contribution in [0.5, 0.6) is 0 Å². The first-order valence-electron chi connectivity index (χ1n) is 7.87. The Morgan fingerprint density at radius 3 is 2.74 bits per heavy atom. The molecule has 27 heavy (non-hydrogen) atoms. The highest BCUT2D eigenvalue weighted by molar-refractivity contribution is 7.46. The molecule has 4 atom stereocenters. The summed E-state index contributed by atoms with van der Waals surface area (Å²) in [6.07, 6.45) is -1.62. The molecular formula is C11H21N5O9P2. The molecule has 154 valence electrons. The fourth-order valence-corrected chi connectivity index (χ4v) is 4.00. The zero-order chi connectivity index (χ0) is 19.8. The van der Waals surface area contributed by atoms with Crippen molar-refractivity contribution < 1.29 is 42.5 Å². The molecule has 7 N–H and O–H groups in total. The first-order chi connectivity index (χ1) is 12.6. The summed E-state index contributed by atoms with van der Waals surface area (Å²) in [5.74, 6) is 0.667. The number of phosphoric acid groups is 2. The second-order valence-electron chi connectivity index (χ2n) is 5.97. The lowest BCUT2D eigenvalue weighted by atomic mass is 10.2. The van der Waals surface area contributed by atoms with E-state index in [4.69, 9.17) is 28.8 Å². The number of likely N-dealkylation sites (N-methyl/N-ethyl adjacent to an activating group) is 1. The summed E-state index contributed by atoms with van der Waals surface area (Å²) in [5, 5.41) is 9.16. The van der Waals surface area contributed by atoms with Gasteiger partial charge in [-0.15, -0.1) is 0 Å². The lowest BCUT2D eigenvalue weighted by Crippen LogP contribution is -2.40. The summed E-state index contributed by atoms with van der Waals surface area (Å²) in [5.41, 5.74) is 0.769. The maximum absolute atomic E-state index is 11.2. The fraction of sp³-hybridized carbons (Fsp3) is 0.727. The Balaban J connectivity index is 1.74. The van der Waals surface area contributed by atoms with Crippen molar-refractivity contribution in [1.29, 1.82) is 0 Å². The highest BCUT2D eigenvalue weighted by atomic mass is 31.2. The normalized spacial score (nSPS) is 31.1. The molecule has 0 amide bonds. The molecule has 1 fully saturated rings. The summed E-state index contributed by atoms with van der Waals surface area (Å²) >= 11 is 0. The van der Waals surface area contributed by atoms with E-state index in [2.05, 4.69) is 25.5 Å². The molecule has 0 saturated carbocycles. The van der Waals surface area contributed by atoms with Crippen LogP contribution in [0, 0.1) is 0 Å². The molecule has 0 aromatic rings. The van der Waals surface area contributed by atoms with Crippen LogP contribution in [-0.2, 0) is 22.9 Å². The molecular weight excluding hydrogens is 408 g/mol. The van der Waals surface area contributed by atoms with Crippen LogP contribution in [0.3, 0.4) is 0 Å². The van der Waals surface area contributed by atoms with Crippen molar-refractivity contribution in [2.24, 2.45) is 4.99 Å². The number of phosphoric ester groups is 2. The van der Waals surface area contributed by atoms with E-state index < -0.39 is 40.7 Å². The van der Waals surface area contributed by atoms with Crippen LogP contribution in [0.2, 0.25) is 0 Å². The lowest BCUT2D eigenvalue weighted by molar-refractivity contribution is -0.0655. The number of hydrogen-bond donors (Lipinski definition) is 7. The second kappa shape index (κ2) is 7.76. The van der Waals surface area contributed by atoms with Gasteiger partial charge in [0.05, 0.1) is 25.3 Å². The quantitative estimate of drug-likeness (QED) is 0.218. The molecule has 16 heteroatoms. The molecule has 3 aliphatic rings. The van der Waals surface area contributed by atoms with Crippen molar-refractivity contribution in [3.63, 3.8) is 0 Å². The van der Waals surface area contributed by atoms with Gasteiger partial charge in [0, 0.05) is 6.42 Å². The van der Waals surface area contributed by atoms with E-state index in [1.807, 2.05) is 0 Å². The molecule has 0 aromatic carbocycles. The van der Waals surface area contributed by atoms with E-state index in [1.54, 1.807) is 11.9 Å². The summed E-state index contributed by atoms with van der Waals surface area (Å²) in [7, 11) is -7.88. The minimum absolute atomic E-state index is 0.0435. The van der Waals surface area contributed by atoms with Gasteiger partial charge < -0.3 is 39.8 Å². The summed E-state index contributed by atoms with van der Waals surface area (Å²) < 4.78 is 37.0. The van der Waals surface area contributed by atoms with Gasteiger partial charge in [0.2, 0.25) is 0 Å². The molecule has 3 heterocycles. The van der Waals surface area contributed by atoms with Gasteiger partial charge in [-0.25, -0.2) is 9.13 Å². The summed E-state index contributed by atoms with van der Waals surface area (Å²) in [6, 6.07) is 0. The van der Waals surface area contributed by atoms with Crippen molar-refractivity contribution in [2.45, 2.75) is 31.0 Å². The predicted molar refractivity (Wildman–Crippen MR) is 89.5 cm³/mol. The molecule has 0 bridgehead atoms.